The topological polar surface area (TPSA) is 58.3 Å². The number of rotatable bonds is 6. The second-order valence-corrected chi connectivity index (χ2v) is 4.47. The minimum absolute atomic E-state index is 0.0728. The van der Waals surface area contributed by atoms with Crippen LogP contribution in [0.3, 0.4) is 0 Å². The summed E-state index contributed by atoms with van der Waals surface area (Å²) in [5.41, 5.74) is 6.13. The van der Waals surface area contributed by atoms with Gasteiger partial charge in [-0.15, -0.1) is 0 Å². The number of aliphatic hydroxyl groups is 1. The van der Waals surface area contributed by atoms with E-state index in [1.165, 1.54) is 6.07 Å². The van der Waals surface area contributed by atoms with Gasteiger partial charge in [0.15, 0.2) is 0 Å². The summed E-state index contributed by atoms with van der Waals surface area (Å²) in [6.45, 7) is 2.30. The first-order valence-corrected chi connectivity index (χ1v) is 5.98. The molecule has 1 aromatic rings. The maximum Gasteiger partial charge on any atom is 0.129 e. The van der Waals surface area contributed by atoms with Gasteiger partial charge in [-0.05, 0) is 25.5 Å². The lowest BCUT2D eigenvalue weighted by molar-refractivity contribution is 0.263. The SMILES string of the molecule is CC(CCO)NC(CN)c1ccc(Cl)cc1F. The van der Waals surface area contributed by atoms with Gasteiger partial charge in [0, 0.05) is 35.8 Å². The second kappa shape index (κ2) is 6.91. The van der Waals surface area contributed by atoms with E-state index in [4.69, 9.17) is 22.4 Å². The van der Waals surface area contributed by atoms with Crippen LogP contribution < -0.4 is 11.1 Å². The molecule has 0 heterocycles. The molecule has 3 nitrogen and oxygen atoms in total. The molecule has 0 spiro atoms. The molecule has 96 valence electrons. The lowest BCUT2D eigenvalue weighted by Crippen LogP contribution is -2.36. The highest BCUT2D eigenvalue weighted by molar-refractivity contribution is 6.30. The summed E-state index contributed by atoms with van der Waals surface area (Å²) >= 11 is 5.70. The normalized spacial score (nSPS) is 14.6. The maximum atomic E-state index is 13.7. The minimum atomic E-state index is -0.364. The van der Waals surface area contributed by atoms with Gasteiger partial charge >= 0.3 is 0 Å². The molecular weight excluding hydrogens is 243 g/mol. The summed E-state index contributed by atoms with van der Waals surface area (Å²) in [6.07, 6.45) is 0.603. The number of halogens is 2. The Hall–Kier alpha value is -0.680. The van der Waals surface area contributed by atoms with E-state index in [0.29, 0.717) is 17.0 Å². The Morgan fingerprint density at radius 3 is 2.76 bits per heavy atom. The molecule has 0 bridgehead atoms. The van der Waals surface area contributed by atoms with Crippen molar-refractivity contribution in [1.29, 1.82) is 0 Å². The molecule has 2 unspecified atom stereocenters. The largest absolute Gasteiger partial charge is 0.396 e. The summed E-state index contributed by atoms with van der Waals surface area (Å²) in [7, 11) is 0. The molecule has 2 atom stereocenters. The monoisotopic (exact) mass is 260 g/mol. The van der Waals surface area contributed by atoms with Gasteiger partial charge < -0.3 is 16.2 Å². The number of hydrogen-bond acceptors (Lipinski definition) is 3. The Bertz CT molecular complexity index is 362. The van der Waals surface area contributed by atoms with E-state index in [9.17, 15) is 4.39 Å². The number of hydrogen-bond donors (Lipinski definition) is 3. The third-order valence-corrected chi connectivity index (χ3v) is 2.86. The zero-order valence-corrected chi connectivity index (χ0v) is 10.5. The maximum absolute atomic E-state index is 13.7. The van der Waals surface area contributed by atoms with E-state index >= 15 is 0 Å². The standard InChI is InChI=1S/C12H18ClFN2O/c1-8(4-5-17)16-12(7-15)10-3-2-9(13)6-11(10)14/h2-3,6,8,12,16-17H,4-5,7,15H2,1H3. The number of benzene rings is 1. The number of aliphatic hydroxyl groups excluding tert-OH is 1. The number of nitrogens with one attached hydrogen (secondary N) is 1. The molecule has 0 fully saturated rings. The Balaban J connectivity index is 2.79. The Morgan fingerprint density at radius 1 is 1.53 bits per heavy atom. The predicted molar refractivity (Wildman–Crippen MR) is 67.5 cm³/mol. The first-order valence-electron chi connectivity index (χ1n) is 5.60. The van der Waals surface area contributed by atoms with Gasteiger partial charge in [-0.1, -0.05) is 17.7 Å². The van der Waals surface area contributed by atoms with Crippen LogP contribution in [0.2, 0.25) is 5.02 Å². The highest BCUT2D eigenvalue weighted by atomic mass is 35.5. The molecule has 0 amide bonds. The average Bonchev–Trinajstić information content (AvgIpc) is 2.27. The molecule has 5 heteroatoms. The third kappa shape index (κ3) is 4.24. The van der Waals surface area contributed by atoms with Crippen molar-refractivity contribution in [3.63, 3.8) is 0 Å². The zero-order chi connectivity index (χ0) is 12.8. The molecule has 0 radical (unpaired) electrons. The fourth-order valence-corrected chi connectivity index (χ4v) is 1.85. The van der Waals surface area contributed by atoms with Crippen molar-refractivity contribution in [2.45, 2.75) is 25.4 Å². The van der Waals surface area contributed by atoms with Crippen LogP contribution in [0, 0.1) is 5.82 Å². The number of nitrogens with two attached hydrogens (primary N) is 1. The Morgan fingerprint density at radius 2 is 2.24 bits per heavy atom. The fraction of sp³-hybridized carbons (Fsp3) is 0.500. The van der Waals surface area contributed by atoms with Gasteiger partial charge in [-0.2, -0.15) is 0 Å². The smallest absolute Gasteiger partial charge is 0.129 e. The van der Waals surface area contributed by atoms with Crippen molar-refractivity contribution in [2.75, 3.05) is 13.2 Å². The highest BCUT2D eigenvalue weighted by Gasteiger charge is 2.16. The molecule has 0 saturated heterocycles. The van der Waals surface area contributed by atoms with Crippen LogP contribution in [0.5, 0.6) is 0 Å². The van der Waals surface area contributed by atoms with Crippen molar-refractivity contribution in [2.24, 2.45) is 5.73 Å². The van der Waals surface area contributed by atoms with Gasteiger partial charge in [0.1, 0.15) is 5.82 Å². The molecular formula is C12H18ClFN2O. The summed E-state index contributed by atoms with van der Waals surface area (Å²) in [5.74, 6) is -0.364. The fourth-order valence-electron chi connectivity index (χ4n) is 1.69. The van der Waals surface area contributed by atoms with Crippen LogP contribution in [0.1, 0.15) is 24.9 Å². The lowest BCUT2D eigenvalue weighted by atomic mass is 10.0. The molecule has 1 aromatic carbocycles. The van der Waals surface area contributed by atoms with Crippen LogP contribution >= 0.6 is 11.6 Å². The van der Waals surface area contributed by atoms with Crippen molar-refractivity contribution in [1.82, 2.24) is 5.32 Å². The molecule has 0 aliphatic carbocycles. The second-order valence-electron chi connectivity index (χ2n) is 4.03. The zero-order valence-electron chi connectivity index (χ0n) is 9.79. The van der Waals surface area contributed by atoms with Gasteiger partial charge in [-0.25, -0.2) is 4.39 Å². The van der Waals surface area contributed by atoms with E-state index in [2.05, 4.69) is 5.32 Å². The highest BCUT2D eigenvalue weighted by Crippen LogP contribution is 2.20. The molecule has 0 aromatic heterocycles. The van der Waals surface area contributed by atoms with Crippen LogP contribution in [-0.2, 0) is 0 Å². The minimum Gasteiger partial charge on any atom is -0.396 e. The van der Waals surface area contributed by atoms with Crippen molar-refractivity contribution in [3.8, 4) is 0 Å². The van der Waals surface area contributed by atoms with E-state index in [0.717, 1.165) is 0 Å². The molecule has 0 saturated carbocycles. The quantitative estimate of drug-likeness (QED) is 0.732. The molecule has 0 aliphatic heterocycles. The molecule has 4 N–H and O–H groups in total. The predicted octanol–water partition coefficient (Wildman–Crippen LogP) is 1.84. The van der Waals surface area contributed by atoms with E-state index < -0.39 is 0 Å². The van der Waals surface area contributed by atoms with E-state index in [1.807, 2.05) is 6.92 Å². The molecule has 0 aliphatic rings. The van der Waals surface area contributed by atoms with Gasteiger partial charge in [0.25, 0.3) is 0 Å². The summed E-state index contributed by atoms with van der Waals surface area (Å²) < 4.78 is 13.7. The van der Waals surface area contributed by atoms with Crippen LogP contribution in [0.4, 0.5) is 4.39 Å². The summed E-state index contributed by atoms with van der Waals surface area (Å²) in [4.78, 5) is 0. The Labute approximate surface area is 106 Å². The lowest BCUT2D eigenvalue weighted by Gasteiger charge is -2.22. The van der Waals surface area contributed by atoms with Crippen molar-refractivity contribution in [3.05, 3.63) is 34.6 Å². The van der Waals surface area contributed by atoms with Crippen LogP contribution in [0.25, 0.3) is 0 Å². The molecule has 1 rings (SSSR count). The van der Waals surface area contributed by atoms with E-state index in [1.54, 1.807) is 12.1 Å². The summed E-state index contributed by atoms with van der Waals surface area (Å²) in [5, 5.41) is 12.4. The van der Waals surface area contributed by atoms with Gasteiger partial charge in [0.05, 0.1) is 0 Å². The third-order valence-electron chi connectivity index (χ3n) is 2.62. The first kappa shape index (κ1) is 14.4. The van der Waals surface area contributed by atoms with Crippen LogP contribution in [-0.4, -0.2) is 24.3 Å². The van der Waals surface area contributed by atoms with Crippen molar-refractivity contribution < 1.29 is 9.50 Å². The van der Waals surface area contributed by atoms with Crippen molar-refractivity contribution >= 4 is 11.6 Å². The Kier molecular flexibility index (Phi) is 5.85. The average molecular weight is 261 g/mol. The van der Waals surface area contributed by atoms with Gasteiger partial charge in [0.2, 0.25) is 0 Å². The summed E-state index contributed by atoms with van der Waals surface area (Å²) in [6, 6.07) is 4.35. The molecule has 17 heavy (non-hydrogen) atoms. The van der Waals surface area contributed by atoms with E-state index in [-0.39, 0.29) is 31.1 Å². The van der Waals surface area contributed by atoms with Gasteiger partial charge in [-0.3, -0.25) is 0 Å². The first-order chi connectivity index (χ1) is 8.08. The van der Waals surface area contributed by atoms with Crippen LogP contribution in [0.15, 0.2) is 18.2 Å².